The Hall–Kier alpha value is -1.36. The summed E-state index contributed by atoms with van der Waals surface area (Å²) < 4.78 is 5.35. The Morgan fingerprint density at radius 1 is 1.35 bits per heavy atom. The number of anilines is 1. The van der Waals surface area contributed by atoms with Crippen LogP contribution in [0.15, 0.2) is 12.3 Å². The molecule has 1 rings (SSSR count). The lowest BCUT2D eigenvalue weighted by Gasteiger charge is -2.17. The SMILES string of the molecule is CCOc1ccnc(N(C)CCCCCN)n1. The standard InChI is InChI=1S/C12H22N4O/c1-3-17-11-7-9-14-12(15-11)16(2)10-6-4-5-8-13/h7,9H,3-6,8,10,13H2,1-2H3. The van der Waals surface area contributed by atoms with Gasteiger partial charge in [0, 0.05) is 25.9 Å². The number of aromatic nitrogens is 2. The van der Waals surface area contributed by atoms with E-state index in [1.54, 1.807) is 12.3 Å². The molecule has 0 radical (unpaired) electrons. The first-order valence-electron chi connectivity index (χ1n) is 6.15. The van der Waals surface area contributed by atoms with Crippen molar-refractivity contribution in [3.8, 4) is 5.88 Å². The molecule has 0 aliphatic carbocycles. The molecule has 1 aromatic heterocycles. The molecule has 0 unspecified atom stereocenters. The third-order valence-electron chi connectivity index (χ3n) is 2.45. The van der Waals surface area contributed by atoms with Gasteiger partial charge in [-0.05, 0) is 26.3 Å². The quantitative estimate of drug-likeness (QED) is 0.694. The van der Waals surface area contributed by atoms with Gasteiger partial charge in [0.25, 0.3) is 0 Å². The van der Waals surface area contributed by atoms with Crippen molar-refractivity contribution in [1.29, 1.82) is 0 Å². The fourth-order valence-electron chi connectivity index (χ4n) is 1.51. The Balaban J connectivity index is 2.44. The molecular formula is C12H22N4O. The second-order valence-corrected chi connectivity index (χ2v) is 3.90. The van der Waals surface area contributed by atoms with E-state index >= 15 is 0 Å². The molecule has 0 atom stereocenters. The summed E-state index contributed by atoms with van der Waals surface area (Å²) in [5, 5.41) is 0. The van der Waals surface area contributed by atoms with E-state index in [-0.39, 0.29) is 0 Å². The Labute approximate surface area is 103 Å². The third kappa shape index (κ3) is 4.99. The second kappa shape index (κ2) is 7.84. The first-order chi connectivity index (χ1) is 8.27. The van der Waals surface area contributed by atoms with Crippen LogP contribution in [-0.4, -0.2) is 36.7 Å². The molecule has 0 bridgehead atoms. The van der Waals surface area contributed by atoms with E-state index in [1.165, 1.54) is 0 Å². The van der Waals surface area contributed by atoms with Crippen molar-refractivity contribution < 1.29 is 4.74 Å². The van der Waals surface area contributed by atoms with Crippen LogP contribution in [0.4, 0.5) is 5.95 Å². The minimum Gasteiger partial charge on any atom is -0.478 e. The predicted molar refractivity (Wildman–Crippen MR) is 69.4 cm³/mol. The summed E-state index contributed by atoms with van der Waals surface area (Å²) in [7, 11) is 1.99. The predicted octanol–water partition coefficient (Wildman–Crippen LogP) is 1.44. The molecule has 0 amide bonds. The van der Waals surface area contributed by atoms with Crippen LogP contribution in [0.1, 0.15) is 26.2 Å². The molecule has 5 heteroatoms. The Morgan fingerprint density at radius 2 is 2.18 bits per heavy atom. The van der Waals surface area contributed by atoms with Crippen LogP contribution in [0.5, 0.6) is 5.88 Å². The molecule has 0 aliphatic heterocycles. The highest BCUT2D eigenvalue weighted by molar-refractivity contribution is 5.30. The molecule has 0 aliphatic rings. The summed E-state index contributed by atoms with van der Waals surface area (Å²) in [6.45, 7) is 4.27. The van der Waals surface area contributed by atoms with Gasteiger partial charge in [0.15, 0.2) is 0 Å². The number of unbranched alkanes of at least 4 members (excludes halogenated alkanes) is 2. The fourth-order valence-corrected chi connectivity index (χ4v) is 1.51. The van der Waals surface area contributed by atoms with Gasteiger partial charge in [-0.15, -0.1) is 0 Å². The topological polar surface area (TPSA) is 64.3 Å². The van der Waals surface area contributed by atoms with Crippen LogP contribution in [0.2, 0.25) is 0 Å². The zero-order valence-corrected chi connectivity index (χ0v) is 10.7. The van der Waals surface area contributed by atoms with Crippen molar-refractivity contribution in [1.82, 2.24) is 9.97 Å². The zero-order valence-electron chi connectivity index (χ0n) is 10.7. The maximum atomic E-state index is 5.45. The van der Waals surface area contributed by atoms with Crippen molar-refractivity contribution in [3.05, 3.63) is 12.3 Å². The highest BCUT2D eigenvalue weighted by Crippen LogP contribution is 2.12. The molecule has 0 saturated carbocycles. The van der Waals surface area contributed by atoms with Crippen LogP contribution in [0.3, 0.4) is 0 Å². The number of hydrogen-bond acceptors (Lipinski definition) is 5. The lowest BCUT2D eigenvalue weighted by atomic mass is 10.2. The lowest BCUT2D eigenvalue weighted by Crippen LogP contribution is -2.21. The summed E-state index contributed by atoms with van der Waals surface area (Å²) in [6, 6.07) is 1.77. The summed E-state index contributed by atoms with van der Waals surface area (Å²) in [6.07, 6.45) is 5.05. The van der Waals surface area contributed by atoms with Crippen molar-refractivity contribution in [2.45, 2.75) is 26.2 Å². The Kier molecular flexibility index (Phi) is 6.32. The number of hydrogen-bond donors (Lipinski definition) is 1. The highest BCUT2D eigenvalue weighted by atomic mass is 16.5. The van der Waals surface area contributed by atoms with E-state index in [9.17, 15) is 0 Å². The number of rotatable bonds is 8. The Morgan fingerprint density at radius 3 is 2.88 bits per heavy atom. The van der Waals surface area contributed by atoms with E-state index in [0.717, 1.165) is 32.4 Å². The van der Waals surface area contributed by atoms with Gasteiger partial charge in [0.2, 0.25) is 11.8 Å². The van der Waals surface area contributed by atoms with E-state index in [4.69, 9.17) is 10.5 Å². The first kappa shape index (κ1) is 13.7. The fraction of sp³-hybridized carbons (Fsp3) is 0.667. The molecule has 1 aromatic rings. The zero-order chi connectivity index (χ0) is 12.5. The first-order valence-corrected chi connectivity index (χ1v) is 6.15. The molecular weight excluding hydrogens is 216 g/mol. The molecule has 0 aromatic carbocycles. The van der Waals surface area contributed by atoms with Crippen LogP contribution >= 0.6 is 0 Å². The molecule has 0 spiro atoms. The van der Waals surface area contributed by atoms with E-state index in [2.05, 4.69) is 9.97 Å². The summed E-state index contributed by atoms with van der Waals surface area (Å²) in [5.41, 5.74) is 5.45. The monoisotopic (exact) mass is 238 g/mol. The maximum absolute atomic E-state index is 5.45. The molecule has 17 heavy (non-hydrogen) atoms. The molecule has 0 saturated heterocycles. The molecule has 1 heterocycles. The molecule has 2 N–H and O–H groups in total. The summed E-state index contributed by atoms with van der Waals surface area (Å²) in [5.74, 6) is 1.34. The van der Waals surface area contributed by atoms with E-state index < -0.39 is 0 Å². The number of ether oxygens (including phenoxy) is 1. The van der Waals surface area contributed by atoms with Crippen molar-refractivity contribution in [3.63, 3.8) is 0 Å². The van der Waals surface area contributed by atoms with Crippen LogP contribution in [-0.2, 0) is 0 Å². The van der Waals surface area contributed by atoms with E-state index in [0.29, 0.717) is 18.4 Å². The maximum Gasteiger partial charge on any atom is 0.228 e. The van der Waals surface area contributed by atoms with Gasteiger partial charge < -0.3 is 15.4 Å². The van der Waals surface area contributed by atoms with E-state index in [1.807, 2.05) is 18.9 Å². The van der Waals surface area contributed by atoms with Gasteiger partial charge in [-0.1, -0.05) is 6.42 Å². The average molecular weight is 238 g/mol. The number of nitrogens with zero attached hydrogens (tertiary/aromatic N) is 3. The van der Waals surface area contributed by atoms with Crippen molar-refractivity contribution >= 4 is 5.95 Å². The van der Waals surface area contributed by atoms with Gasteiger partial charge >= 0.3 is 0 Å². The van der Waals surface area contributed by atoms with Crippen LogP contribution in [0, 0.1) is 0 Å². The average Bonchev–Trinajstić information content (AvgIpc) is 2.35. The number of nitrogens with two attached hydrogens (primary N) is 1. The summed E-state index contributed by atoms with van der Waals surface area (Å²) >= 11 is 0. The highest BCUT2D eigenvalue weighted by Gasteiger charge is 2.05. The summed E-state index contributed by atoms with van der Waals surface area (Å²) in [4.78, 5) is 10.6. The molecule has 96 valence electrons. The van der Waals surface area contributed by atoms with Gasteiger partial charge in [0.05, 0.1) is 6.61 Å². The van der Waals surface area contributed by atoms with Crippen molar-refractivity contribution in [2.24, 2.45) is 5.73 Å². The second-order valence-electron chi connectivity index (χ2n) is 3.90. The largest absolute Gasteiger partial charge is 0.478 e. The van der Waals surface area contributed by atoms with Crippen LogP contribution < -0.4 is 15.4 Å². The van der Waals surface area contributed by atoms with Gasteiger partial charge in [-0.2, -0.15) is 4.98 Å². The van der Waals surface area contributed by atoms with Gasteiger partial charge in [-0.25, -0.2) is 4.98 Å². The lowest BCUT2D eigenvalue weighted by molar-refractivity contribution is 0.326. The third-order valence-corrected chi connectivity index (χ3v) is 2.45. The minimum atomic E-state index is 0.622. The Bertz CT molecular complexity index is 319. The normalized spacial score (nSPS) is 10.3. The van der Waals surface area contributed by atoms with Gasteiger partial charge in [-0.3, -0.25) is 0 Å². The molecule has 0 fully saturated rings. The minimum absolute atomic E-state index is 0.622. The van der Waals surface area contributed by atoms with Crippen molar-refractivity contribution in [2.75, 3.05) is 31.6 Å². The smallest absolute Gasteiger partial charge is 0.228 e. The molecule has 5 nitrogen and oxygen atoms in total. The van der Waals surface area contributed by atoms with Gasteiger partial charge in [0.1, 0.15) is 0 Å². The van der Waals surface area contributed by atoms with Crippen LogP contribution in [0.25, 0.3) is 0 Å².